The Hall–Kier alpha value is -3.64. The van der Waals surface area contributed by atoms with Crippen molar-refractivity contribution >= 4 is 17.5 Å². The second-order valence-corrected chi connectivity index (χ2v) is 12.5. The highest BCUT2D eigenvalue weighted by atomic mass is 19.4. The van der Waals surface area contributed by atoms with Crippen molar-refractivity contribution in [1.29, 1.82) is 0 Å². The third-order valence-corrected chi connectivity index (χ3v) is 9.20. The van der Waals surface area contributed by atoms with Crippen molar-refractivity contribution < 1.29 is 31.5 Å². The molecule has 8 nitrogen and oxygen atoms in total. The number of pyridine rings is 1. The van der Waals surface area contributed by atoms with E-state index in [0.29, 0.717) is 28.4 Å². The maximum Gasteiger partial charge on any atom is 0.389 e. The molecule has 3 aromatic heterocycles. The van der Waals surface area contributed by atoms with E-state index in [2.05, 4.69) is 20.7 Å². The normalized spacial score (nSPS) is 20.6. The predicted molar refractivity (Wildman–Crippen MR) is 150 cm³/mol. The molecule has 3 aliphatic carbocycles. The molecule has 2 amide bonds. The summed E-state index contributed by atoms with van der Waals surface area (Å²) in [5, 5.41) is 10.2. The number of aromatic nitrogens is 4. The van der Waals surface area contributed by atoms with Crippen LogP contribution >= 0.6 is 0 Å². The molecule has 236 valence electrons. The standard InChI is InChI=1S/C31H35F5N6O2/c32-30(33)9-6-20(7-10-30)28(41-29(44)23-12-21(14-37-15-23)18-2-1-3-18)24-17-42-25(39-24)13-22(16-38-42)27(19-4-5-19)40-26(43)8-11-31(34,35)36/h12-20,27-28H,1-11H2,(H,40,43)(H,41,44)/t27-,28+/m1/s1. The first-order valence-electron chi connectivity index (χ1n) is 15.3. The van der Waals surface area contributed by atoms with E-state index < -0.39 is 42.9 Å². The Labute approximate surface area is 251 Å². The average Bonchev–Trinajstić information content (AvgIpc) is 3.70. The Morgan fingerprint density at radius 2 is 1.68 bits per heavy atom. The van der Waals surface area contributed by atoms with E-state index in [9.17, 15) is 31.5 Å². The molecule has 0 aliphatic heterocycles. The molecule has 3 aromatic rings. The maximum atomic E-state index is 14.1. The number of alkyl halides is 5. The number of rotatable bonds is 10. The maximum absolute atomic E-state index is 14.1. The van der Waals surface area contributed by atoms with Crippen LogP contribution in [0.5, 0.6) is 0 Å². The van der Waals surface area contributed by atoms with E-state index in [-0.39, 0.29) is 43.4 Å². The van der Waals surface area contributed by atoms with Crippen LogP contribution in [0.15, 0.2) is 36.9 Å². The fourth-order valence-corrected chi connectivity index (χ4v) is 6.23. The highest BCUT2D eigenvalue weighted by molar-refractivity contribution is 5.94. The largest absolute Gasteiger partial charge is 0.389 e. The van der Waals surface area contributed by atoms with Crippen molar-refractivity contribution in [2.24, 2.45) is 11.8 Å². The first kappa shape index (κ1) is 30.4. The molecule has 6 rings (SSSR count). The monoisotopic (exact) mass is 618 g/mol. The summed E-state index contributed by atoms with van der Waals surface area (Å²) in [6.45, 7) is 0. The summed E-state index contributed by atoms with van der Waals surface area (Å²) in [7, 11) is 0. The zero-order chi connectivity index (χ0) is 31.1. The average molecular weight is 619 g/mol. The van der Waals surface area contributed by atoms with Gasteiger partial charge in [0.05, 0.1) is 42.2 Å². The quantitative estimate of drug-likeness (QED) is 0.250. The topological polar surface area (TPSA) is 101 Å². The Bertz CT molecular complexity index is 1510. The van der Waals surface area contributed by atoms with Gasteiger partial charge < -0.3 is 10.6 Å². The molecule has 0 aromatic carbocycles. The number of nitrogens with zero attached hydrogens (tertiary/aromatic N) is 4. The third kappa shape index (κ3) is 7.18. The number of hydrogen-bond donors (Lipinski definition) is 2. The first-order chi connectivity index (χ1) is 20.9. The lowest BCUT2D eigenvalue weighted by atomic mass is 9.80. The molecule has 3 aliphatic rings. The number of carbonyl (C=O) groups excluding carboxylic acids is 2. The van der Waals surface area contributed by atoms with Crippen molar-refractivity contribution in [3.05, 3.63) is 59.3 Å². The lowest BCUT2D eigenvalue weighted by Crippen LogP contribution is -2.37. The molecule has 44 heavy (non-hydrogen) atoms. The molecule has 0 saturated heterocycles. The van der Waals surface area contributed by atoms with Crippen molar-refractivity contribution in [2.75, 3.05) is 0 Å². The van der Waals surface area contributed by atoms with Crippen molar-refractivity contribution in [3.8, 4) is 0 Å². The van der Waals surface area contributed by atoms with E-state index >= 15 is 0 Å². The SMILES string of the molecule is O=C(CCC(F)(F)F)N[C@@H](c1cnn2cc([C@@H](NC(=O)c3cncc(C4CCC4)c3)C3CCC(F)(F)CC3)nc2c1)C1CC1. The molecule has 2 N–H and O–H groups in total. The van der Waals surface area contributed by atoms with Gasteiger partial charge in [0.2, 0.25) is 11.8 Å². The number of carbonyl (C=O) groups is 2. The molecule has 0 unspecified atom stereocenters. The van der Waals surface area contributed by atoms with Gasteiger partial charge in [0.1, 0.15) is 0 Å². The van der Waals surface area contributed by atoms with Crippen LogP contribution < -0.4 is 10.6 Å². The summed E-state index contributed by atoms with van der Waals surface area (Å²) in [6, 6.07) is 2.41. The lowest BCUT2D eigenvalue weighted by molar-refractivity contribution is -0.144. The molecular weight excluding hydrogens is 583 g/mol. The number of halogens is 5. The number of fused-ring (bicyclic) bond motifs is 1. The van der Waals surface area contributed by atoms with Gasteiger partial charge in [0, 0.05) is 31.7 Å². The Kier molecular flexibility index (Phi) is 8.31. The minimum Gasteiger partial charge on any atom is -0.349 e. The summed E-state index contributed by atoms with van der Waals surface area (Å²) in [6.07, 6.45) is 4.98. The lowest BCUT2D eigenvalue weighted by Gasteiger charge is -2.33. The van der Waals surface area contributed by atoms with E-state index in [1.807, 2.05) is 6.07 Å². The van der Waals surface area contributed by atoms with Crippen LogP contribution in [0.2, 0.25) is 0 Å². The minimum absolute atomic E-state index is 0.0868. The summed E-state index contributed by atoms with van der Waals surface area (Å²) in [5.41, 5.74) is 2.92. The number of nitrogens with one attached hydrogen (secondary N) is 2. The zero-order valence-electron chi connectivity index (χ0n) is 24.1. The predicted octanol–water partition coefficient (Wildman–Crippen LogP) is 6.60. The van der Waals surface area contributed by atoms with Gasteiger partial charge in [-0.25, -0.2) is 18.3 Å². The zero-order valence-corrected chi connectivity index (χ0v) is 24.1. The number of imidazole rings is 1. The highest BCUT2D eigenvalue weighted by Gasteiger charge is 2.40. The fraction of sp³-hybridized carbons (Fsp3) is 0.581. The van der Waals surface area contributed by atoms with Crippen LogP contribution in [0.3, 0.4) is 0 Å². The van der Waals surface area contributed by atoms with Crippen LogP contribution in [0.1, 0.15) is 116 Å². The molecule has 2 atom stereocenters. The second kappa shape index (κ2) is 12.0. The second-order valence-electron chi connectivity index (χ2n) is 12.5. The molecule has 0 bridgehead atoms. The molecule has 0 radical (unpaired) electrons. The van der Waals surface area contributed by atoms with Gasteiger partial charge >= 0.3 is 6.18 Å². The van der Waals surface area contributed by atoms with E-state index in [4.69, 9.17) is 4.98 Å². The third-order valence-electron chi connectivity index (χ3n) is 9.20. The van der Waals surface area contributed by atoms with E-state index in [1.54, 1.807) is 24.7 Å². The van der Waals surface area contributed by atoms with Crippen molar-refractivity contribution in [1.82, 2.24) is 30.2 Å². The summed E-state index contributed by atoms with van der Waals surface area (Å²) < 4.78 is 67.6. The van der Waals surface area contributed by atoms with Crippen LogP contribution in [0.4, 0.5) is 22.0 Å². The Morgan fingerprint density at radius 1 is 0.955 bits per heavy atom. The number of hydrogen-bond acceptors (Lipinski definition) is 5. The van der Waals surface area contributed by atoms with Crippen LogP contribution in [-0.2, 0) is 4.79 Å². The summed E-state index contributed by atoms with van der Waals surface area (Å²) >= 11 is 0. The van der Waals surface area contributed by atoms with Gasteiger partial charge in [-0.05, 0) is 79.5 Å². The highest BCUT2D eigenvalue weighted by Crippen LogP contribution is 2.43. The molecule has 3 heterocycles. The smallest absolute Gasteiger partial charge is 0.349 e. The molecule has 3 fully saturated rings. The van der Waals surface area contributed by atoms with Gasteiger partial charge in [-0.3, -0.25) is 14.6 Å². The Balaban J connectivity index is 1.24. The molecular formula is C31H35F5N6O2. The molecule has 3 saturated carbocycles. The van der Waals surface area contributed by atoms with Crippen LogP contribution in [-0.4, -0.2) is 43.5 Å². The van der Waals surface area contributed by atoms with E-state index in [1.165, 1.54) is 10.7 Å². The minimum atomic E-state index is -4.42. The molecule has 13 heteroatoms. The van der Waals surface area contributed by atoms with Gasteiger partial charge in [0.15, 0.2) is 5.65 Å². The van der Waals surface area contributed by atoms with E-state index in [0.717, 1.165) is 37.7 Å². The van der Waals surface area contributed by atoms with Gasteiger partial charge in [-0.1, -0.05) is 6.42 Å². The summed E-state index contributed by atoms with van der Waals surface area (Å²) in [4.78, 5) is 34.8. The van der Waals surface area contributed by atoms with Crippen molar-refractivity contribution in [3.63, 3.8) is 0 Å². The van der Waals surface area contributed by atoms with Crippen molar-refractivity contribution in [2.45, 2.75) is 101 Å². The summed E-state index contributed by atoms with van der Waals surface area (Å²) in [5.74, 6) is -3.59. The van der Waals surface area contributed by atoms with Gasteiger partial charge in [-0.2, -0.15) is 18.3 Å². The molecule has 0 spiro atoms. The first-order valence-corrected chi connectivity index (χ1v) is 15.3. The van der Waals surface area contributed by atoms with Crippen LogP contribution in [0.25, 0.3) is 5.65 Å². The van der Waals surface area contributed by atoms with Gasteiger partial charge in [-0.15, -0.1) is 0 Å². The fourth-order valence-electron chi connectivity index (χ4n) is 6.23. The number of amides is 2. The van der Waals surface area contributed by atoms with Crippen LogP contribution in [0, 0.1) is 11.8 Å². The Morgan fingerprint density at radius 3 is 2.34 bits per heavy atom. The van der Waals surface area contributed by atoms with Gasteiger partial charge in [0.25, 0.3) is 5.91 Å².